The van der Waals surface area contributed by atoms with Gasteiger partial charge in [-0.15, -0.1) is 0 Å². The molecule has 0 spiro atoms. The van der Waals surface area contributed by atoms with Crippen LogP contribution in [-0.2, 0) is 4.79 Å². The van der Waals surface area contributed by atoms with Crippen LogP contribution in [0.3, 0.4) is 0 Å². The Morgan fingerprint density at radius 3 is 2.65 bits per heavy atom. The Morgan fingerprint density at radius 2 is 2.00 bits per heavy atom. The van der Waals surface area contributed by atoms with E-state index in [1.54, 1.807) is 30.5 Å². The van der Waals surface area contributed by atoms with Gasteiger partial charge in [0.05, 0.1) is 28.2 Å². The maximum absolute atomic E-state index is 13.1. The van der Waals surface area contributed by atoms with E-state index >= 15 is 0 Å². The molecule has 0 N–H and O–H groups in total. The lowest BCUT2D eigenvalue weighted by Crippen LogP contribution is -2.23. The molecular weight excluding hydrogens is 530 g/mol. The van der Waals surface area contributed by atoms with Crippen molar-refractivity contribution in [2.45, 2.75) is 33.6 Å². The second kappa shape index (κ2) is 9.74. The molecule has 0 radical (unpaired) electrons. The normalized spacial score (nSPS) is 11.5. The summed E-state index contributed by atoms with van der Waals surface area (Å²) in [5, 5.41) is 4.90. The first kappa shape index (κ1) is 23.1. The van der Waals surface area contributed by atoms with Crippen LogP contribution in [0.5, 0.6) is 11.5 Å². The van der Waals surface area contributed by atoms with E-state index in [1.807, 2.05) is 26.8 Å². The van der Waals surface area contributed by atoms with Gasteiger partial charge in [0.25, 0.3) is 5.56 Å². The van der Waals surface area contributed by atoms with Gasteiger partial charge in [-0.2, -0.15) is 9.78 Å². The van der Waals surface area contributed by atoms with Crippen molar-refractivity contribution in [2.75, 3.05) is 6.61 Å². The first-order valence-corrected chi connectivity index (χ1v) is 11.2. The highest BCUT2D eigenvalue weighted by Crippen LogP contribution is 2.36. The second-order valence-corrected chi connectivity index (χ2v) is 8.77. The molecule has 1 heterocycles. The highest BCUT2D eigenvalue weighted by molar-refractivity contribution is 9.10. The van der Waals surface area contributed by atoms with E-state index in [9.17, 15) is 9.59 Å². The van der Waals surface area contributed by atoms with Crippen LogP contribution in [0.4, 0.5) is 0 Å². The molecular formula is C22H21Br2N3O4. The SMILES string of the molecule is CCOc1cc(C=Nn2c(C(C)C)nc3ccc(Br)cc3c2=O)cc(Br)c1OC(C)=O. The predicted octanol–water partition coefficient (Wildman–Crippen LogP) is 5.25. The van der Waals surface area contributed by atoms with E-state index < -0.39 is 5.97 Å². The van der Waals surface area contributed by atoms with Crippen LogP contribution in [-0.4, -0.2) is 28.5 Å². The van der Waals surface area contributed by atoms with Gasteiger partial charge in [-0.25, -0.2) is 4.98 Å². The first-order valence-electron chi connectivity index (χ1n) is 9.62. The summed E-state index contributed by atoms with van der Waals surface area (Å²) in [4.78, 5) is 29.2. The molecule has 3 aromatic rings. The standard InChI is InChI=1S/C22H21Br2N3O4/c1-5-30-19-9-14(8-17(24)20(19)31-13(4)28)11-25-27-21(12(2)3)26-18-7-6-15(23)10-16(18)22(27)29/h6-12H,5H2,1-4H3. The molecule has 3 rings (SSSR count). The van der Waals surface area contributed by atoms with E-state index in [0.717, 1.165) is 4.47 Å². The summed E-state index contributed by atoms with van der Waals surface area (Å²) in [5.41, 5.74) is 1.02. The fraction of sp³-hybridized carbons (Fsp3) is 0.273. The molecule has 7 nitrogen and oxygen atoms in total. The van der Waals surface area contributed by atoms with E-state index in [-0.39, 0.29) is 11.5 Å². The molecule has 0 aliphatic carbocycles. The summed E-state index contributed by atoms with van der Waals surface area (Å²) in [7, 11) is 0. The summed E-state index contributed by atoms with van der Waals surface area (Å²) < 4.78 is 13.5. The summed E-state index contributed by atoms with van der Waals surface area (Å²) in [5.74, 6) is 0.769. The Kier molecular flexibility index (Phi) is 7.27. The van der Waals surface area contributed by atoms with Crippen LogP contribution in [0.1, 0.15) is 45.0 Å². The molecule has 0 fully saturated rings. The zero-order valence-electron chi connectivity index (χ0n) is 17.5. The number of rotatable bonds is 6. The molecule has 1 aromatic heterocycles. The molecule has 0 aliphatic rings. The Hall–Kier alpha value is -2.52. The number of hydrogen-bond acceptors (Lipinski definition) is 6. The average molecular weight is 551 g/mol. The molecule has 2 aromatic carbocycles. The third-order valence-electron chi connectivity index (χ3n) is 4.25. The smallest absolute Gasteiger partial charge is 0.308 e. The quantitative estimate of drug-likeness (QED) is 0.238. The van der Waals surface area contributed by atoms with Crippen molar-refractivity contribution in [2.24, 2.45) is 5.10 Å². The van der Waals surface area contributed by atoms with Crippen molar-refractivity contribution < 1.29 is 14.3 Å². The van der Waals surface area contributed by atoms with Crippen LogP contribution in [0.25, 0.3) is 10.9 Å². The molecule has 0 aliphatic heterocycles. The van der Waals surface area contributed by atoms with Crippen molar-refractivity contribution in [1.82, 2.24) is 9.66 Å². The third-order valence-corrected chi connectivity index (χ3v) is 5.33. The monoisotopic (exact) mass is 549 g/mol. The first-order chi connectivity index (χ1) is 14.7. The summed E-state index contributed by atoms with van der Waals surface area (Å²) in [6, 6.07) is 8.82. The van der Waals surface area contributed by atoms with Crippen molar-refractivity contribution in [3.8, 4) is 11.5 Å². The van der Waals surface area contributed by atoms with E-state index in [1.165, 1.54) is 11.6 Å². The molecule has 0 amide bonds. The van der Waals surface area contributed by atoms with E-state index in [2.05, 4.69) is 41.9 Å². The fourth-order valence-electron chi connectivity index (χ4n) is 2.94. The minimum Gasteiger partial charge on any atom is -0.490 e. The number of ether oxygens (including phenoxy) is 2. The molecule has 0 saturated heterocycles. The van der Waals surface area contributed by atoms with Crippen LogP contribution in [0.2, 0.25) is 0 Å². The maximum Gasteiger partial charge on any atom is 0.308 e. The van der Waals surface area contributed by atoms with Gasteiger partial charge >= 0.3 is 5.97 Å². The Bertz CT molecular complexity index is 1240. The second-order valence-electron chi connectivity index (χ2n) is 7.00. The van der Waals surface area contributed by atoms with Gasteiger partial charge in [0.2, 0.25) is 0 Å². The molecule has 0 saturated carbocycles. The molecule has 0 unspecified atom stereocenters. The number of carbonyl (C=O) groups excluding carboxylic acids is 1. The highest BCUT2D eigenvalue weighted by atomic mass is 79.9. The largest absolute Gasteiger partial charge is 0.490 e. The number of carbonyl (C=O) groups is 1. The summed E-state index contributed by atoms with van der Waals surface area (Å²) >= 11 is 6.81. The summed E-state index contributed by atoms with van der Waals surface area (Å²) in [6.45, 7) is 7.45. The third kappa shape index (κ3) is 5.22. The van der Waals surface area contributed by atoms with Crippen LogP contribution < -0.4 is 15.0 Å². The number of halogens is 2. The number of esters is 1. The van der Waals surface area contributed by atoms with Crippen molar-refractivity contribution in [3.05, 3.63) is 61.0 Å². The fourth-order valence-corrected chi connectivity index (χ4v) is 3.85. The Morgan fingerprint density at radius 1 is 1.26 bits per heavy atom. The van der Waals surface area contributed by atoms with Crippen LogP contribution in [0.15, 0.2) is 49.2 Å². The zero-order valence-corrected chi connectivity index (χ0v) is 20.7. The van der Waals surface area contributed by atoms with Gasteiger partial charge in [0.15, 0.2) is 11.5 Å². The Balaban J connectivity index is 2.12. The number of aromatic nitrogens is 2. The highest BCUT2D eigenvalue weighted by Gasteiger charge is 2.16. The van der Waals surface area contributed by atoms with Gasteiger partial charge < -0.3 is 9.47 Å². The number of hydrogen-bond donors (Lipinski definition) is 0. The molecule has 162 valence electrons. The van der Waals surface area contributed by atoms with Gasteiger partial charge in [-0.1, -0.05) is 29.8 Å². The van der Waals surface area contributed by atoms with E-state index in [4.69, 9.17) is 9.47 Å². The van der Waals surface area contributed by atoms with Crippen molar-refractivity contribution in [1.29, 1.82) is 0 Å². The Labute approximate surface area is 196 Å². The van der Waals surface area contributed by atoms with Gasteiger partial charge in [0.1, 0.15) is 5.82 Å². The van der Waals surface area contributed by atoms with Crippen LogP contribution in [0, 0.1) is 0 Å². The minimum atomic E-state index is -0.454. The lowest BCUT2D eigenvalue weighted by atomic mass is 10.2. The predicted molar refractivity (Wildman–Crippen MR) is 127 cm³/mol. The zero-order chi connectivity index (χ0) is 22.7. The van der Waals surface area contributed by atoms with E-state index in [0.29, 0.717) is 44.9 Å². The maximum atomic E-state index is 13.1. The lowest BCUT2D eigenvalue weighted by molar-refractivity contribution is -0.132. The average Bonchev–Trinajstić information content (AvgIpc) is 2.70. The van der Waals surface area contributed by atoms with Crippen molar-refractivity contribution >= 4 is 54.9 Å². The molecule has 0 bridgehead atoms. The molecule has 0 atom stereocenters. The van der Waals surface area contributed by atoms with Gasteiger partial charge in [0, 0.05) is 17.3 Å². The van der Waals surface area contributed by atoms with Crippen molar-refractivity contribution in [3.63, 3.8) is 0 Å². The molecule has 9 heteroatoms. The minimum absolute atomic E-state index is 0.0186. The summed E-state index contributed by atoms with van der Waals surface area (Å²) in [6.07, 6.45) is 1.55. The number of benzene rings is 2. The van der Waals surface area contributed by atoms with Gasteiger partial charge in [-0.05, 0) is 58.7 Å². The van der Waals surface area contributed by atoms with Crippen LogP contribution >= 0.6 is 31.9 Å². The topological polar surface area (TPSA) is 82.8 Å². The molecule has 31 heavy (non-hydrogen) atoms. The van der Waals surface area contributed by atoms with Gasteiger partial charge in [-0.3, -0.25) is 9.59 Å². The lowest BCUT2D eigenvalue weighted by Gasteiger charge is -2.13. The number of fused-ring (bicyclic) bond motifs is 1. The number of nitrogens with zero attached hydrogens (tertiary/aromatic N) is 3.